The molecule has 1 aliphatic heterocycles. The van der Waals surface area contributed by atoms with E-state index in [1.165, 1.54) is 6.26 Å². The Kier molecular flexibility index (Phi) is 5.34. The van der Waals surface area contributed by atoms with Crippen molar-refractivity contribution < 1.29 is 18.0 Å². The number of nitrogens with zero attached hydrogens (tertiary/aromatic N) is 4. The van der Waals surface area contributed by atoms with Crippen LogP contribution in [0.5, 0.6) is 0 Å². The van der Waals surface area contributed by atoms with Gasteiger partial charge >= 0.3 is 0 Å². The van der Waals surface area contributed by atoms with Crippen LogP contribution in [0.4, 0.5) is 11.6 Å². The van der Waals surface area contributed by atoms with E-state index >= 15 is 0 Å². The highest BCUT2D eigenvalue weighted by Gasteiger charge is 2.29. The molecule has 0 radical (unpaired) electrons. The van der Waals surface area contributed by atoms with Gasteiger partial charge in [0.2, 0.25) is 17.5 Å². The highest BCUT2D eigenvalue weighted by atomic mass is 16.4. The number of benzene rings is 1. The summed E-state index contributed by atoms with van der Waals surface area (Å²) in [5, 5.41) is 12.5. The first-order valence-corrected chi connectivity index (χ1v) is 10.9. The average molecular weight is 445 g/mol. The van der Waals surface area contributed by atoms with Crippen molar-refractivity contribution >= 4 is 28.6 Å². The second-order valence-electron chi connectivity index (χ2n) is 8.40. The maximum Gasteiger partial charge on any atom is 0.266 e. The van der Waals surface area contributed by atoms with Crippen LogP contribution in [0.3, 0.4) is 0 Å². The SMILES string of the molecule is CC(C)c1nc2cc(NC(=O)C3CCN(c4oc(-c5ccco5)nc4C#N)CC3)ccc2o1. The molecule has 168 valence electrons. The second-order valence-corrected chi connectivity index (χ2v) is 8.40. The minimum atomic E-state index is -0.140. The van der Waals surface area contributed by atoms with Gasteiger partial charge in [-0.15, -0.1) is 0 Å². The molecule has 9 heteroatoms. The summed E-state index contributed by atoms with van der Waals surface area (Å²) in [4.78, 5) is 23.6. The Morgan fingerprint density at radius 1 is 1.21 bits per heavy atom. The molecule has 4 heterocycles. The van der Waals surface area contributed by atoms with Crippen LogP contribution in [0.25, 0.3) is 22.8 Å². The summed E-state index contributed by atoms with van der Waals surface area (Å²) >= 11 is 0. The topological polar surface area (TPSA) is 121 Å². The van der Waals surface area contributed by atoms with Crippen LogP contribution in [0.15, 0.2) is 49.8 Å². The average Bonchev–Trinajstić information content (AvgIpc) is 3.57. The quantitative estimate of drug-likeness (QED) is 0.459. The molecule has 5 rings (SSSR count). The van der Waals surface area contributed by atoms with Crippen molar-refractivity contribution in [1.82, 2.24) is 9.97 Å². The number of hydrogen-bond donors (Lipinski definition) is 1. The minimum absolute atomic E-state index is 0.0315. The molecule has 0 saturated carbocycles. The summed E-state index contributed by atoms with van der Waals surface area (Å²) in [6.07, 6.45) is 2.80. The second kappa shape index (κ2) is 8.47. The van der Waals surface area contributed by atoms with E-state index in [0.717, 1.165) is 5.52 Å². The Balaban J connectivity index is 1.24. The fourth-order valence-electron chi connectivity index (χ4n) is 3.96. The molecule has 9 nitrogen and oxygen atoms in total. The fourth-order valence-corrected chi connectivity index (χ4v) is 3.96. The van der Waals surface area contributed by atoms with Gasteiger partial charge in [-0.2, -0.15) is 10.2 Å². The summed E-state index contributed by atoms with van der Waals surface area (Å²) < 4.78 is 16.9. The molecule has 1 amide bonds. The van der Waals surface area contributed by atoms with Gasteiger partial charge in [-0.25, -0.2) is 4.98 Å². The molecule has 4 aromatic rings. The number of fused-ring (bicyclic) bond motifs is 1. The van der Waals surface area contributed by atoms with E-state index in [-0.39, 0.29) is 29.3 Å². The van der Waals surface area contributed by atoms with Gasteiger partial charge < -0.3 is 23.5 Å². The van der Waals surface area contributed by atoms with Gasteiger partial charge in [0.1, 0.15) is 11.6 Å². The molecule has 1 aromatic carbocycles. The van der Waals surface area contributed by atoms with Crippen LogP contribution in [0, 0.1) is 17.2 Å². The third-order valence-corrected chi connectivity index (χ3v) is 5.77. The Morgan fingerprint density at radius 2 is 2.03 bits per heavy atom. The van der Waals surface area contributed by atoms with Crippen LogP contribution in [-0.2, 0) is 4.79 Å². The zero-order chi connectivity index (χ0) is 22.9. The summed E-state index contributed by atoms with van der Waals surface area (Å²) in [7, 11) is 0. The Morgan fingerprint density at radius 3 is 2.73 bits per heavy atom. The van der Waals surface area contributed by atoms with Crippen LogP contribution in [-0.4, -0.2) is 29.0 Å². The summed E-state index contributed by atoms with van der Waals surface area (Å²) in [6, 6.07) is 11.0. The van der Waals surface area contributed by atoms with Crippen LogP contribution in [0.2, 0.25) is 0 Å². The van der Waals surface area contributed by atoms with E-state index in [1.807, 2.05) is 36.9 Å². The third kappa shape index (κ3) is 4.07. The van der Waals surface area contributed by atoms with E-state index < -0.39 is 0 Å². The van der Waals surface area contributed by atoms with Gasteiger partial charge in [-0.1, -0.05) is 13.8 Å². The number of oxazole rings is 2. The zero-order valence-electron chi connectivity index (χ0n) is 18.4. The first kappa shape index (κ1) is 20.8. The molecule has 1 fully saturated rings. The van der Waals surface area contributed by atoms with Crippen molar-refractivity contribution in [3.63, 3.8) is 0 Å². The number of aromatic nitrogens is 2. The van der Waals surface area contributed by atoms with Crippen molar-refractivity contribution in [2.45, 2.75) is 32.6 Å². The number of nitriles is 1. The summed E-state index contributed by atoms with van der Waals surface area (Å²) in [5.74, 6) is 1.86. The van der Waals surface area contributed by atoms with Gasteiger partial charge in [0.15, 0.2) is 17.2 Å². The normalized spacial score (nSPS) is 14.7. The van der Waals surface area contributed by atoms with E-state index in [1.54, 1.807) is 12.1 Å². The number of furan rings is 1. The number of carbonyl (C=O) groups is 1. The fraction of sp³-hybridized carbons (Fsp3) is 0.333. The lowest BCUT2D eigenvalue weighted by Crippen LogP contribution is -2.38. The molecule has 0 bridgehead atoms. The van der Waals surface area contributed by atoms with Gasteiger partial charge in [0.25, 0.3) is 5.89 Å². The monoisotopic (exact) mass is 445 g/mol. The predicted octanol–water partition coefficient (Wildman–Crippen LogP) is 4.93. The van der Waals surface area contributed by atoms with Crippen molar-refractivity contribution in [3.05, 3.63) is 48.2 Å². The van der Waals surface area contributed by atoms with Crippen molar-refractivity contribution in [2.75, 3.05) is 23.3 Å². The summed E-state index contributed by atoms with van der Waals surface area (Å²) in [5.41, 5.74) is 2.35. The number of piperidine rings is 1. The molecule has 0 unspecified atom stereocenters. The highest BCUT2D eigenvalue weighted by molar-refractivity contribution is 5.94. The molecule has 0 atom stereocenters. The van der Waals surface area contributed by atoms with Crippen molar-refractivity contribution in [1.29, 1.82) is 5.26 Å². The molecule has 33 heavy (non-hydrogen) atoms. The van der Waals surface area contributed by atoms with E-state index in [9.17, 15) is 10.1 Å². The number of rotatable bonds is 5. The molecule has 3 aromatic heterocycles. The van der Waals surface area contributed by atoms with Crippen LogP contribution < -0.4 is 10.2 Å². The number of hydrogen-bond acceptors (Lipinski definition) is 8. The molecule has 0 spiro atoms. The minimum Gasteiger partial charge on any atom is -0.459 e. The lowest BCUT2D eigenvalue weighted by Gasteiger charge is -2.30. The molecule has 0 aliphatic carbocycles. The molecule has 1 N–H and O–H groups in total. The number of nitrogens with one attached hydrogen (secondary N) is 1. The van der Waals surface area contributed by atoms with Gasteiger partial charge in [-0.05, 0) is 43.2 Å². The molecular weight excluding hydrogens is 422 g/mol. The van der Waals surface area contributed by atoms with E-state index in [2.05, 4.69) is 21.4 Å². The van der Waals surface area contributed by atoms with Gasteiger partial charge in [0.05, 0.1) is 6.26 Å². The lowest BCUT2D eigenvalue weighted by molar-refractivity contribution is -0.120. The number of anilines is 2. The van der Waals surface area contributed by atoms with Gasteiger partial charge in [-0.3, -0.25) is 4.79 Å². The Bertz CT molecular complexity index is 1320. The number of carbonyl (C=O) groups excluding carboxylic acids is 1. The maximum atomic E-state index is 12.9. The predicted molar refractivity (Wildman–Crippen MR) is 121 cm³/mol. The molecular formula is C24H23N5O4. The standard InChI is InChI=1S/C24H23N5O4/c1-14(2)22-27-17-12-16(5-6-19(17)32-22)26-21(30)15-7-9-29(10-8-15)24-18(13-25)28-23(33-24)20-4-3-11-31-20/h3-6,11-12,14-15H,7-10H2,1-2H3,(H,26,30). The lowest BCUT2D eigenvalue weighted by atomic mass is 9.96. The Labute approximate surface area is 190 Å². The maximum absolute atomic E-state index is 12.9. The van der Waals surface area contributed by atoms with E-state index in [4.69, 9.17) is 13.3 Å². The molecule has 1 aliphatic rings. The van der Waals surface area contributed by atoms with Crippen LogP contribution in [0.1, 0.15) is 44.2 Å². The van der Waals surface area contributed by atoms with Crippen LogP contribution >= 0.6 is 0 Å². The Hall–Kier alpha value is -4.06. The van der Waals surface area contributed by atoms with E-state index in [0.29, 0.717) is 54.7 Å². The first-order valence-electron chi connectivity index (χ1n) is 10.9. The largest absolute Gasteiger partial charge is 0.459 e. The van der Waals surface area contributed by atoms with Crippen molar-refractivity contribution in [3.8, 4) is 17.7 Å². The highest BCUT2D eigenvalue weighted by Crippen LogP contribution is 2.32. The smallest absolute Gasteiger partial charge is 0.266 e. The number of amides is 1. The zero-order valence-corrected chi connectivity index (χ0v) is 18.4. The summed E-state index contributed by atoms with van der Waals surface area (Å²) in [6.45, 7) is 5.21. The van der Waals surface area contributed by atoms with Crippen molar-refractivity contribution in [2.24, 2.45) is 5.92 Å². The third-order valence-electron chi connectivity index (χ3n) is 5.77. The molecule has 1 saturated heterocycles. The first-order chi connectivity index (χ1) is 16.0. The van der Waals surface area contributed by atoms with Gasteiger partial charge in [0, 0.05) is 30.6 Å².